The SMILES string of the molecule is CNC(c1cc(C)cc(F)c1)C1COc2ccccc2O1. The van der Waals surface area contributed by atoms with Crippen LogP contribution in [0.1, 0.15) is 17.2 Å². The van der Waals surface area contributed by atoms with E-state index in [1.54, 1.807) is 0 Å². The van der Waals surface area contributed by atoms with Crippen LogP contribution >= 0.6 is 0 Å². The number of hydrogen-bond donors (Lipinski definition) is 1. The Balaban J connectivity index is 1.88. The summed E-state index contributed by atoms with van der Waals surface area (Å²) in [6.45, 7) is 2.31. The van der Waals surface area contributed by atoms with E-state index in [0.717, 1.165) is 22.6 Å². The fourth-order valence-corrected chi connectivity index (χ4v) is 2.71. The molecule has 1 aliphatic heterocycles. The maximum Gasteiger partial charge on any atom is 0.161 e. The second-order valence-corrected chi connectivity index (χ2v) is 5.24. The van der Waals surface area contributed by atoms with Gasteiger partial charge >= 0.3 is 0 Å². The molecule has 1 heterocycles. The van der Waals surface area contributed by atoms with Gasteiger partial charge in [0.1, 0.15) is 12.4 Å². The molecular weight excluding hydrogens is 269 g/mol. The molecule has 0 radical (unpaired) electrons. The third-order valence-corrected chi connectivity index (χ3v) is 3.64. The molecule has 2 aromatic carbocycles. The lowest BCUT2D eigenvalue weighted by molar-refractivity contribution is 0.0637. The van der Waals surface area contributed by atoms with Crippen LogP contribution in [0.2, 0.25) is 0 Å². The van der Waals surface area contributed by atoms with Gasteiger partial charge in [0.25, 0.3) is 0 Å². The fourth-order valence-electron chi connectivity index (χ4n) is 2.71. The molecule has 4 heteroatoms. The molecule has 0 aromatic heterocycles. The number of aryl methyl sites for hydroxylation is 1. The molecule has 0 aliphatic carbocycles. The van der Waals surface area contributed by atoms with Crippen molar-refractivity contribution in [2.24, 2.45) is 0 Å². The minimum absolute atomic E-state index is 0.132. The van der Waals surface area contributed by atoms with Gasteiger partial charge in [0.15, 0.2) is 17.6 Å². The number of benzene rings is 2. The van der Waals surface area contributed by atoms with E-state index >= 15 is 0 Å². The van der Waals surface area contributed by atoms with E-state index in [2.05, 4.69) is 5.32 Å². The molecule has 0 bridgehead atoms. The van der Waals surface area contributed by atoms with Crippen molar-refractivity contribution in [3.8, 4) is 11.5 Å². The lowest BCUT2D eigenvalue weighted by atomic mass is 9.99. The third kappa shape index (κ3) is 2.85. The van der Waals surface area contributed by atoms with Crippen molar-refractivity contribution in [1.82, 2.24) is 5.32 Å². The second kappa shape index (κ2) is 5.74. The molecular formula is C17H18FNO2. The molecule has 0 saturated carbocycles. The monoisotopic (exact) mass is 287 g/mol. The first-order chi connectivity index (χ1) is 10.2. The molecule has 3 nitrogen and oxygen atoms in total. The van der Waals surface area contributed by atoms with E-state index in [-0.39, 0.29) is 18.0 Å². The molecule has 21 heavy (non-hydrogen) atoms. The van der Waals surface area contributed by atoms with Crippen molar-refractivity contribution < 1.29 is 13.9 Å². The molecule has 2 atom stereocenters. The highest BCUT2D eigenvalue weighted by Crippen LogP contribution is 2.34. The Labute approximate surface area is 123 Å². The van der Waals surface area contributed by atoms with Crippen molar-refractivity contribution >= 4 is 0 Å². The Bertz CT molecular complexity index is 624. The van der Waals surface area contributed by atoms with Gasteiger partial charge in [-0.2, -0.15) is 0 Å². The number of hydrogen-bond acceptors (Lipinski definition) is 3. The Kier molecular flexibility index (Phi) is 3.80. The normalized spacial score (nSPS) is 18.3. The van der Waals surface area contributed by atoms with Gasteiger partial charge in [-0.15, -0.1) is 0 Å². The van der Waals surface area contributed by atoms with Crippen LogP contribution in [-0.2, 0) is 0 Å². The molecule has 1 aliphatic rings. The first kappa shape index (κ1) is 13.9. The number of para-hydroxylation sites is 2. The number of likely N-dealkylation sites (N-methyl/N-ethyl adjacent to an activating group) is 1. The largest absolute Gasteiger partial charge is 0.486 e. The minimum atomic E-state index is -0.234. The first-order valence-corrected chi connectivity index (χ1v) is 7.00. The zero-order valence-electron chi connectivity index (χ0n) is 12.1. The lowest BCUT2D eigenvalue weighted by Gasteiger charge is -2.32. The summed E-state index contributed by atoms with van der Waals surface area (Å²) in [6.07, 6.45) is -0.203. The standard InChI is InChI=1S/C17H18FNO2/c1-11-7-12(9-13(18)8-11)17(19-2)16-10-20-14-5-3-4-6-15(14)21-16/h3-9,16-17,19H,10H2,1-2H3. The molecule has 3 rings (SSSR count). The van der Waals surface area contributed by atoms with Gasteiger partial charge in [-0.1, -0.05) is 18.2 Å². The molecule has 2 unspecified atom stereocenters. The van der Waals surface area contributed by atoms with E-state index in [9.17, 15) is 4.39 Å². The van der Waals surface area contributed by atoms with E-state index in [0.29, 0.717) is 6.61 Å². The summed E-state index contributed by atoms with van der Waals surface area (Å²) in [7, 11) is 1.84. The molecule has 0 amide bonds. The third-order valence-electron chi connectivity index (χ3n) is 3.64. The van der Waals surface area contributed by atoms with Crippen molar-refractivity contribution in [3.63, 3.8) is 0 Å². The molecule has 0 fully saturated rings. The van der Waals surface area contributed by atoms with Crippen LogP contribution in [0, 0.1) is 12.7 Å². The van der Waals surface area contributed by atoms with E-state index in [4.69, 9.17) is 9.47 Å². The Morgan fingerprint density at radius 2 is 1.95 bits per heavy atom. The number of nitrogens with one attached hydrogen (secondary N) is 1. The van der Waals surface area contributed by atoms with Gasteiger partial charge in [-0.25, -0.2) is 4.39 Å². The molecule has 0 spiro atoms. The average molecular weight is 287 g/mol. The van der Waals surface area contributed by atoms with Crippen LogP contribution in [-0.4, -0.2) is 19.8 Å². The first-order valence-electron chi connectivity index (χ1n) is 7.00. The Morgan fingerprint density at radius 3 is 2.67 bits per heavy atom. The highest BCUT2D eigenvalue weighted by atomic mass is 19.1. The summed E-state index contributed by atoms with van der Waals surface area (Å²) < 4.78 is 25.4. The van der Waals surface area contributed by atoms with Crippen LogP contribution in [0.15, 0.2) is 42.5 Å². The van der Waals surface area contributed by atoms with Gasteiger partial charge in [-0.05, 0) is 49.4 Å². The van der Waals surface area contributed by atoms with Gasteiger partial charge in [0.2, 0.25) is 0 Å². The lowest BCUT2D eigenvalue weighted by Crippen LogP contribution is -2.40. The number of halogens is 1. The van der Waals surface area contributed by atoms with E-state index < -0.39 is 0 Å². The smallest absolute Gasteiger partial charge is 0.161 e. The number of rotatable bonds is 3. The summed E-state index contributed by atoms with van der Waals surface area (Å²) in [5.74, 6) is 1.24. The zero-order valence-corrected chi connectivity index (χ0v) is 12.1. The molecule has 2 aromatic rings. The average Bonchev–Trinajstić information content (AvgIpc) is 2.47. The van der Waals surface area contributed by atoms with Crippen molar-refractivity contribution in [1.29, 1.82) is 0 Å². The van der Waals surface area contributed by atoms with Gasteiger partial charge < -0.3 is 14.8 Å². The van der Waals surface area contributed by atoms with E-state index in [1.165, 1.54) is 12.1 Å². The van der Waals surface area contributed by atoms with Gasteiger partial charge in [0.05, 0.1) is 6.04 Å². The van der Waals surface area contributed by atoms with Gasteiger partial charge in [-0.3, -0.25) is 0 Å². The predicted molar refractivity (Wildman–Crippen MR) is 79.3 cm³/mol. The zero-order chi connectivity index (χ0) is 14.8. The quantitative estimate of drug-likeness (QED) is 0.940. The van der Waals surface area contributed by atoms with Crippen LogP contribution in [0.5, 0.6) is 11.5 Å². The summed E-state index contributed by atoms with van der Waals surface area (Å²) in [5, 5.41) is 3.20. The van der Waals surface area contributed by atoms with Crippen molar-refractivity contribution in [3.05, 3.63) is 59.4 Å². The summed E-state index contributed by atoms with van der Waals surface area (Å²) in [4.78, 5) is 0. The van der Waals surface area contributed by atoms with Crippen LogP contribution in [0.25, 0.3) is 0 Å². The van der Waals surface area contributed by atoms with Crippen molar-refractivity contribution in [2.45, 2.75) is 19.1 Å². The van der Waals surface area contributed by atoms with Crippen LogP contribution in [0.4, 0.5) is 4.39 Å². The Morgan fingerprint density at radius 1 is 1.19 bits per heavy atom. The summed E-state index contributed by atoms with van der Waals surface area (Å²) >= 11 is 0. The number of ether oxygens (including phenoxy) is 2. The fraction of sp³-hybridized carbons (Fsp3) is 0.294. The molecule has 110 valence electrons. The summed E-state index contributed by atoms with van der Waals surface area (Å²) in [5.41, 5.74) is 1.75. The van der Waals surface area contributed by atoms with E-state index in [1.807, 2.05) is 44.3 Å². The maximum atomic E-state index is 13.6. The molecule has 0 saturated heterocycles. The maximum absolute atomic E-state index is 13.6. The van der Waals surface area contributed by atoms with Crippen LogP contribution in [0.3, 0.4) is 0 Å². The molecule has 1 N–H and O–H groups in total. The topological polar surface area (TPSA) is 30.5 Å². The van der Waals surface area contributed by atoms with Crippen molar-refractivity contribution in [2.75, 3.05) is 13.7 Å². The minimum Gasteiger partial charge on any atom is -0.486 e. The predicted octanol–water partition coefficient (Wildman–Crippen LogP) is 3.23. The summed E-state index contributed by atoms with van der Waals surface area (Å²) in [6, 6.07) is 12.5. The highest BCUT2D eigenvalue weighted by Gasteiger charge is 2.29. The second-order valence-electron chi connectivity index (χ2n) is 5.24. The highest BCUT2D eigenvalue weighted by molar-refractivity contribution is 5.41. The number of fused-ring (bicyclic) bond motifs is 1. The van der Waals surface area contributed by atoms with Gasteiger partial charge in [0, 0.05) is 0 Å². The Hall–Kier alpha value is -2.07. The van der Waals surface area contributed by atoms with Crippen LogP contribution < -0.4 is 14.8 Å².